The van der Waals surface area contributed by atoms with E-state index >= 15 is 0 Å². The van der Waals surface area contributed by atoms with E-state index in [0.717, 1.165) is 10.4 Å². The fraction of sp³-hybridized carbons (Fsp3) is 0.333. The number of nitrogens with one attached hydrogen (secondary N) is 1. The van der Waals surface area contributed by atoms with Crippen LogP contribution in [0.4, 0.5) is 23.7 Å². The second-order valence-electron chi connectivity index (χ2n) is 8.88. The van der Waals surface area contributed by atoms with Crippen LogP contribution in [0.5, 0.6) is 0 Å². The summed E-state index contributed by atoms with van der Waals surface area (Å²) in [6.07, 6.45) is 1.33. The van der Waals surface area contributed by atoms with Crippen LogP contribution in [0.15, 0.2) is 48.9 Å². The summed E-state index contributed by atoms with van der Waals surface area (Å²) in [6, 6.07) is 7.53. The molecule has 0 aliphatic carbocycles. The number of hydrogen-bond acceptors (Lipinski definition) is 5. The Hall–Kier alpha value is -3.38. The quantitative estimate of drug-likeness (QED) is 0.519. The van der Waals surface area contributed by atoms with Crippen molar-refractivity contribution in [2.24, 2.45) is 0 Å². The van der Waals surface area contributed by atoms with Gasteiger partial charge in [0.2, 0.25) is 0 Å². The van der Waals surface area contributed by atoms with Crippen molar-refractivity contribution in [2.45, 2.75) is 19.6 Å². The molecule has 192 valence electrons. The molecule has 0 saturated carbocycles. The first-order chi connectivity index (χ1) is 16.9. The maximum Gasteiger partial charge on any atom is 0.416 e. The first-order valence-corrected chi connectivity index (χ1v) is 13.3. The van der Waals surface area contributed by atoms with Crippen molar-refractivity contribution >= 4 is 27.3 Å². The molecule has 3 heterocycles. The molecule has 0 spiro atoms. The Bertz CT molecular complexity index is 1340. The fourth-order valence-corrected chi connectivity index (χ4v) is 4.61. The molecule has 1 amide bonds. The van der Waals surface area contributed by atoms with Crippen molar-refractivity contribution in [3.8, 4) is 11.1 Å². The van der Waals surface area contributed by atoms with Gasteiger partial charge in [-0.15, -0.1) is 0 Å². The van der Waals surface area contributed by atoms with Crippen molar-refractivity contribution in [1.29, 1.82) is 0 Å². The minimum Gasteiger partial charge on any atom is -0.320 e. The predicted octanol–water partition coefficient (Wildman–Crippen LogP) is 3.73. The maximum atomic E-state index is 13.9. The van der Waals surface area contributed by atoms with E-state index in [0.29, 0.717) is 43.0 Å². The van der Waals surface area contributed by atoms with Crippen molar-refractivity contribution in [1.82, 2.24) is 24.6 Å². The summed E-state index contributed by atoms with van der Waals surface area (Å²) in [5.74, 6) is 3.50. The highest BCUT2D eigenvalue weighted by Crippen LogP contribution is 2.35. The van der Waals surface area contributed by atoms with E-state index in [1.165, 1.54) is 30.8 Å². The second-order valence-corrected chi connectivity index (χ2v) is 11.1. The molecule has 0 bridgehead atoms. The number of carbonyl (C=O) groups excluding carboxylic acids is 1. The minimum absolute atomic E-state index is 0.119. The van der Waals surface area contributed by atoms with Crippen LogP contribution in [0.3, 0.4) is 0 Å². The summed E-state index contributed by atoms with van der Waals surface area (Å²) in [5, 5.41) is 4.01. The molecule has 1 atom stereocenters. The summed E-state index contributed by atoms with van der Waals surface area (Å²) in [6.45, 7) is 3.46. The average Bonchev–Trinajstić information content (AvgIpc) is 3.26. The smallest absolute Gasteiger partial charge is 0.320 e. The molecule has 3 aromatic rings. The minimum atomic E-state index is -4.50. The largest absolute Gasteiger partial charge is 0.416 e. The monoisotopic (exact) mass is 520 g/mol. The molecule has 4 rings (SSSR count). The van der Waals surface area contributed by atoms with Gasteiger partial charge in [0, 0.05) is 66.1 Å². The van der Waals surface area contributed by atoms with Gasteiger partial charge in [-0.3, -0.25) is 9.88 Å². The normalized spacial score (nSPS) is 16.5. The number of hydrogen-bond donors (Lipinski definition) is 1. The van der Waals surface area contributed by atoms with Crippen molar-refractivity contribution in [3.63, 3.8) is 0 Å². The Morgan fingerprint density at radius 1 is 1.11 bits per heavy atom. The van der Waals surface area contributed by atoms with Gasteiger partial charge in [0.25, 0.3) is 0 Å². The molecule has 1 N–H and O–H groups in total. The van der Waals surface area contributed by atoms with Gasteiger partial charge in [-0.05, 0) is 36.1 Å². The predicted molar refractivity (Wildman–Crippen MR) is 134 cm³/mol. The molecule has 0 radical (unpaired) electrons. The van der Waals surface area contributed by atoms with Gasteiger partial charge < -0.3 is 9.62 Å². The van der Waals surface area contributed by atoms with Crippen LogP contribution in [0, 0.1) is 6.92 Å². The van der Waals surface area contributed by atoms with Crippen LogP contribution in [-0.4, -0.2) is 73.1 Å². The van der Waals surface area contributed by atoms with Gasteiger partial charge in [-0.1, -0.05) is 18.2 Å². The molecule has 1 aromatic carbocycles. The number of alkyl halides is 3. The third-order valence-electron chi connectivity index (χ3n) is 5.81. The lowest BCUT2D eigenvalue weighted by Crippen LogP contribution is -2.49. The zero-order valence-electron chi connectivity index (χ0n) is 20.0. The van der Waals surface area contributed by atoms with Crippen LogP contribution in [0.1, 0.15) is 16.8 Å². The van der Waals surface area contributed by atoms with Gasteiger partial charge in [-0.2, -0.15) is 23.0 Å². The van der Waals surface area contributed by atoms with Crippen molar-refractivity contribution < 1.29 is 22.2 Å². The third kappa shape index (κ3) is 6.24. The molecular weight excluding hydrogens is 493 g/mol. The van der Waals surface area contributed by atoms with Crippen LogP contribution < -0.4 is 4.72 Å². The lowest BCUT2D eigenvalue weighted by Gasteiger charge is -2.34. The van der Waals surface area contributed by atoms with E-state index in [1.54, 1.807) is 29.3 Å². The Balaban J connectivity index is 1.42. The summed E-state index contributed by atoms with van der Waals surface area (Å²) in [5.41, 5.74) is 1.80. The maximum absolute atomic E-state index is 13.9. The molecule has 8 nitrogen and oxygen atoms in total. The third-order valence-corrected chi connectivity index (χ3v) is 6.48. The van der Waals surface area contributed by atoms with Gasteiger partial charge >= 0.3 is 12.2 Å². The van der Waals surface area contributed by atoms with Gasteiger partial charge in [0.05, 0.1) is 23.6 Å². The van der Waals surface area contributed by atoms with Crippen LogP contribution in [-0.2, 0) is 22.4 Å². The molecule has 2 aromatic heterocycles. The molecule has 12 heteroatoms. The van der Waals surface area contributed by atoms with E-state index in [2.05, 4.69) is 20.7 Å². The molecule has 1 aliphatic rings. The fourth-order valence-electron chi connectivity index (χ4n) is 4.01. The van der Waals surface area contributed by atoms with Crippen LogP contribution in [0.2, 0.25) is 0 Å². The van der Waals surface area contributed by atoms with Gasteiger partial charge in [-0.25, -0.2) is 9.00 Å². The number of benzene rings is 1. The van der Waals surface area contributed by atoms with E-state index in [-0.39, 0.29) is 18.1 Å². The number of nitrogens with zero attached hydrogens (tertiary/aromatic N) is 5. The Morgan fingerprint density at radius 2 is 1.81 bits per heavy atom. The number of aryl methyl sites for hydroxylation is 1. The standard InChI is InChI=1S/C24H27F3N6O2S/c1-17-4-5-19(13-28-17)18-6-7-20(22(12-18)24(25,26)27)15-31-8-10-32(11-9-31)23(34)33-16-21(14-29-33)30-36(2,3)35/h4-7,12-14,16H,2,8-11,15H2,1,3H3,(H,30,35). The topological polar surface area (TPSA) is 83.4 Å². The first-order valence-electron chi connectivity index (χ1n) is 11.2. The zero-order valence-corrected chi connectivity index (χ0v) is 20.8. The van der Waals surface area contributed by atoms with Gasteiger partial charge in [0.15, 0.2) is 0 Å². The number of rotatable bonds is 5. The van der Waals surface area contributed by atoms with E-state index in [9.17, 15) is 22.2 Å². The number of halogens is 3. The van der Waals surface area contributed by atoms with Crippen LogP contribution in [0.25, 0.3) is 11.1 Å². The Kier molecular flexibility index (Phi) is 7.10. The zero-order chi connectivity index (χ0) is 26.1. The summed E-state index contributed by atoms with van der Waals surface area (Å²) >= 11 is 0. The SMILES string of the molecule is C=S(C)(=O)Nc1cnn(C(=O)N2CCN(Cc3ccc(-c4ccc(C)nc4)cc3C(F)(F)F)CC2)c1. The number of carbonyl (C=O) groups is 1. The molecule has 1 unspecified atom stereocenters. The number of amides is 1. The summed E-state index contributed by atoms with van der Waals surface area (Å²) < 4.78 is 57.3. The number of piperazine rings is 1. The van der Waals surface area contributed by atoms with E-state index < -0.39 is 21.4 Å². The summed E-state index contributed by atoms with van der Waals surface area (Å²) in [7, 11) is -2.50. The molecule has 1 fully saturated rings. The molecule has 36 heavy (non-hydrogen) atoms. The van der Waals surface area contributed by atoms with Crippen molar-refractivity contribution in [3.05, 3.63) is 65.7 Å². The molecule has 1 saturated heterocycles. The summed E-state index contributed by atoms with van der Waals surface area (Å²) in [4.78, 5) is 20.4. The number of pyridine rings is 1. The second kappa shape index (κ2) is 9.94. The first kappa shape index (κ1) is 25.7. The van der Waals surface area contributed by atoms with Gasteiger partial charge in [0.1, 0.15) is 0 Å². The number of aromatic nitrogens is 3. The van der Waals surface area contributed by atoms with E-state index in [1.807, 2.05) is 11.8 Å². The molecular formula is C24H27F3N6O2S. The highest BCUT2D eigenvalue weighted by Gasteiger charge is 2.34. The molecule has 1 aliphatic heterocycles. The highest BCUT2D eigenvalue weighted by atomic mass is 32.2. The highest BCUT2D eigenvalue weighted by molar-refractivity contribution is 8.00. The van der Waals surface area contributed by atoms with Crippen LogP contribution >= 0.6 is 0 Å². The lowest BCUT2D eigenvalue weighted by atomic mass is 9.99. The average molecular weight is 521 g/mol. The lowest BCUT2D eigenvalue weighted by molar-refractivity contribution is -0.138. The Morgan fingerprint density at radius 3 is 2.42 bits per heavy atom. The Labute approximate surface area is 207 Å². The van der Waals surface area contributed by atoms with Crippen molar-refractivity contribution in [2.75, 3.05) is 37.2 Å². The number of anilines is 1. The van der Waals surface area contributed by atoms with E-state index in [4.69, 9.17) is 0 Å².